The van der Waals surface area contributed by atoms with Crippen molar-refractivity contribution in [3.8, 4) is 22.8 Å². The summed E-state index contributed by atoms with van der Waals surface area (Å²) in [7, 11) is 1.62. The number of aromatic nitrogens is 6. The van der Waals surface area contributed by atoms with Gasteiger partial charge in [-0.1, -0.05) is 46.7 Å². The van der Waals surface area contributed by atoms with Gasteiger partial charge in [-0.2, -0.15) is 9.67 Å². The number of rotatable bonds is 6. The summed E-state index contributed by atoms with van der Waals surface area (Å²) >= 11 is 1.44. The molecule has 0 aliphatic heterocycles. The van der Waals surface area contributed by atoms with Crippen molar-refractivity contribution >= 4 is 11.8 Å². The molecule has 2 heterocycles. The van der Waals surface area contributed by atoms with Gasteiger partial charge >= 0.3 is 0 Å². The molecular formula is C19H18N6O2S. The van der Waals surface area contributed by atoms with Gasteiger partial charge in [-0.05, 0) is 48.0 Å². The first-order chi connectivity index (χ1) is 13.6. The van der Waals surface area contributed by atoms with Gasteiger partial charge in [0.15, 0.2) is 0 Å². The van der Waals surface area contributed by atoms with Crippen LogP contribution in [0.1, 0.15) is 17.0 Å². The first-order valence-corrected chi connectivity index (χ1v) is 9.58. The normalized spacial score (nSPS) is 11.0. The lowest BCUT2D eigenvalue weighted by atomic mass is 10.1. The van der Waals surface area contributed by atoms with Crippen LogP contribution >= 0.6 is 11.8 Å². The molecule has 0 saturated heterocycles. The molecule has 142 valence electrons. The SMILES string of the molecule is COc1cccc(-c2noc(CSc3nnnn3-c3ccc(C)cc3C)n2)c1. The summed E-state index contributed by atoms with van der Waals surface area (Å²) in [5.41, 5.74) is 4.08. The lowest BCUT2D eigenvalue weighted by molar-refractivity contribution is 0.391. The standard InChI is InChI=1S/C19H18N6O2S/c1-12-7-8-16(13(2)9-12)25-19(21-23-24-25)28-11-17-20-18(22-27-17)14-5-4-6-15(10-14)26-3/h4-10H,11H2,1-3H3. The molecule has 0 aliphatic rings. The molecular weight excluding hydrogens is 376 g/mol. The molecule has 0 atom stereocenters. The molecule has 0 amide bonds. The van der Waals surface area contributed by atoms with Crippen molar-refractivity contribution in [1.29, 1.82) is 0 Å². The maximum absolute atomic E-state index is 5.38. The Hall–Kier alpha value is -3.20. The third kappa shape index (κ3) is 3.74. The summed E-state index contributed by atoms with van der Waals surface area (Å²) in [5.74, 6) is 2.22. The first-order valence-electron chi connectivity index (χ1n) is 8.60. The lowest BCUT2D eigenvalue weighted by Gasteiger charge is -2.07. The van der Waals surface area contributed by atoms with Gasteiger partial charge in [-0.25, -0.2) is 0 Å². The van der Waals surface area contributed by atoms with Crippen LogP contribution in [0, 0.1) is 13.8 Å². The smallest absolute Gasteiger partial charge is 0.237 e. The van der Waals surface area contributed by atoms with Gasteiger partial charge in [0.05, 0.1) is 18.6 Å². The number of tetrazole rings is 1. The summed E-state index contributed by atoms with van der Waals surface area (Å²) in [5, 5.41) is 16.8. The van der Waals surface area contributed by atoms with Gasteiger partial charge in [-0.15, -0.1) is 5.10 Å². The van der Waals surface area contributed by atoms with Crippen LogP contribution in [-0.2, 0) is 5.75 Å². The van der Waals surface area contributed by atoms with E-state index in [0.29, 0.717) is 22.6 Å². The van der Waals surface area contributed by atoms with Crippen LogP contribution in [-0.4, -0.2) is 37.5 Å². The van der Waals surface area contributed by atoms with E-state index in [1.54, 1.807) is 11.8 Å². The van der Waals surface area contributed by atoms with Gasteiger partial charge in [0.25, 0.3) is 0 Å². The fourth-order valence-electron chi connectivity index (χ4n) is 2.78. The number of thioether (sulfide) groups is 1. The topological polar surface area (TPSA) is 91.8 Å². The van der Waals surface area contributed by atoms with Crippen LogP contribution in [0.3, 0.4) is 0 Å². The molecule has 0 radical (unpaired) electrons. The zero-order chi connectivity index (χ0) is 19.5. The van der Waals surface area contributed by atoms with E-state index in [-0.39, 0.29) is 0 Å². The summed E-state index contributed by atoms with van der Waals surface area (Å²) in [6.45, 7) is 4.10. The number of ether oxygens (including phenoxy) is 1. The van der Waals surface area contributed by atoms with Crippen LogP contribution in [0.15, 0.2) is 52.1 Å². The highest BCUT2D eigenvalue weighted by Gasteiger charge is 2.14. The van der Waals surface area contributed by atoms with E-state index in [1.807, 2.05) is 43.3 Å². The van der Waals surface area contributed by atoms with Crippen molar-refractivity contribution in [2.75, 3.05) is 7.11 Å². The number of methoxy groups -OCH3 is 1. The Bertz CT molecular complexity index is 1110. The summed E-state index contributed by atoms with van der Waals surface area (Å²) in [6, 6.07) is 13.7. The van der Waals surface area contributed by atoms with Crippen molar-refractivity contribution in [1.82, 2.24) is 30.3 Å². The molecule has 2 aromatic carbocycles. The molecule has 0 N–H and O–H groups in total. The van der Waals surface area contributed by atoms with Crippen LogP contribution in [0.25, 0.3) is 17.1 Å². The quantitative estimate of drug-likeness (QED) is 0.458. The van der Waals surface area contributed by atoms with Crippen molar-refractivity contribution in [2.24, 2.45) is 0 Å². The van der Waals surface area contributed by atoms with Crippen molar-refractivity contribution in [3.63, 3.8) is 0 Å². The van der Waals surface area contributed by atoms with E-state index in [0.717, 1.165) is 22.6 Å². The third-order valence-electron chi connectivity index (χ3n) is 4.14. The molecule has 28 heavy (non-hydrogen) atoms. The molecule has 0 saturated carbocycles. The van der Waals surface area contributed by atoms with E-state index >= 15 is 0 Å². The van der Waals surface area contributed by atoms with E-state index in [9.17, 15) is 0 Å². The molecule has 4 aromatic rings. The Labute approximate surface area is 165 Å². The second-order valence-electron chi connectivity index (χ2n) is 6.20. The monoisotopic (exact) mass is 394 g/mol. The van der Waals surface area contributed by atoms with E-state index < -0.39 is 0 Å². The van der Waals surface area contributed by atoms with Gasteiger partial charge < -0.3 is 9.26 Å². The number of hydrogen-bond donors (Lipinski definition) is 0. The second kappa shape index (κ2) is 7.81. The molecule has 0 fully saturated rings. The average molecular weight is 394 g/mol. The van der Waals surface area contributed by atoms with Gasteiger partial charge in [0, 0.05) is 5.56 Å². The summed E-state index contributed by atoms with van der Waals surface area (Å²) in [4.78, 5) is 4.45. The average Bonchev–Trinajstić information content (AvgIpc) is 3.36. The van der Waals surface area contributed by atoms with Gasteiger partial charge in [0.2, 0.25) is 16.9 Å². The van der Waals surface area contributed by atoms with Crippen LogP contribution in [0.5, 0.6) is 5.75 Å². The summed E-state index contributed by atoms with van der Waals surface area (Å²) in [6.07, 6.45) is 0. The summed E-state index contributed by atoms with van der Waals surface area (Å²) < 4.78 is 12.3. The Morgan fingerprint density at radius 3 is 2.86 bits per heavy atom. The third-order valence-corrected chi connectivity index (χ3v) is 5.05. The highest BCUT2D eigenvalue weighted by Crippen LogP contribution is 2.26. The maximum atomic E-state index is 5.38. The van der Waals surface area contributed by atoms with E-state index in [2.05, 4.69) is 38.7 Å². The fraction of sp³-hybridized carbons (Fsp3) is 0.211. The molecule has 9 heteroatoms. The minimum Gasteiger partial charge on any atom is -0.497 e. The molecule has 0 aliphatic carbocycles. The largest absolute Gasteiger partial charge is 0.497 e. The Morgan fingerprint density at radius 1 is 1.14 bits per heavy atom. The molecule has 0 bridgehead atoms. The molecule has 4 rings (SSSR count). The Kier molecular flexibility index (Phi) is 5.07. The highest BCUT2D eigenvalue weighted by molar-refractivity contribution is 7.98. The fourth-order valence-corrected chi connectivity index (χ4v) is 3.50. The molecule has 8 nitrogen and oxygen atoms in total. The highest BCUT2D eigenvalue weighted by atomic mass is 32.2. The van der Waals surface area contributed by atoms with E-state index in [1.165, 1.54) is 17.3 Å². The minimum atomic E-state index is 0.461. The molecule has 0 unspecified atom stereocenters. The first kappa shape index (κ1) is 18.2. The van der Waals surface area contributed by atoms with Crippen molar-refractivity contribution < 1.29 is 9.26 Å². The number of nitrogens with zero attached hydrogens (tertiary/aromatic N) is 6. The van der Waals surface area contributed by atoms with Crippen LogP contribution in [0.4, 0.5) is 0 Å². The Balaban J connectivity index is 1.50. The number of benzene rings is 2. The zero-order valence-corrected chi connectivity index (χ0v) is 16.5. The van der Waals surface area contributed by atoms with Crippen molar-refractivity contribution in [3.05, 3.63) is 59.5 Å². The van der Waals surface area contributed by atoms with E-state index in [4.69, 9.17) is 9.26 Å². The molecule has 2 aromatic heterocycles. The van der Waals surface area contributed by atoms with Crippen LogP contribution in [0.2, 0.25) is 0 Å². The number of hydrogen-bond acceptors (Lipinski definition) is 8. The minimum absolute atomic E-state index is 0.461. The predicted molar refractivity (Wildman–Crippen MR) is 104 cm³/mol. The second-order valence-corrected chi connectivity index (χ2v) is 7.14. The lowest BCUT2D eigenvalue weighted by Crippen LogP contribution is -2.02. The maximum Gasteiger partial charge on any atom is 0.237 e. The zero-order valence-electron chi connectivity index (χ0n) is 15.7. The van der Waals surface area contributed by atoms with Crippen molar-refractivity contribution in [2.45, 2.75) is 24.8 Å². The van der Waals surface area contributed by atoms with Crippen LogP contribution < -0.4 is 4.74 Å². The molecule has 0 spiro atoms. The van der Waals surface area contributed by atoms with Gasteiger partial charge in [-0.3, -0.25) is 0 Å². The number of aryl methyl sites for hydroxylation is 2. The Morgan fingerprint density at radius 2 is 2.04 bits per heavy atom. The van der Waals surface area contributed by atoms with Gasteiger partial charge in [0.1, 0.15) is 5.75 Å². The predicted octanol–water partition coefficient (Wildman–Crippen LogP) is 3.63.